The van der Waals surface area contributed by atoms with Gasteiger partial charge in [0.2, 0.25) is 5.91 Å². The molecule has 0 saturated carbocycles. The van der Waals surface area contributed by atoms with Gasteiger partial charge < -0.3 is 15.2 Å². The Morgan fingerprint density at radius 2 is 2.26 bits per heavy atom. The molecule has 4 nitrogen and oxygen atoms in total. The van der Waals surface area contributed by atoms with Crippen LogP contribution in [0.3, 0.4) is 0 Å². The first kappa shape index (κ1) is 16.0. The Hall–Kier alpha value is -1.07. The summed E-state index contributed by atoms with van der Waals surface area (Å²) in [5.74, 6) is -0.341. The lowest BCUT2D eigenvalue weighted by atomic mass is 10.2. The molecule has 1 aromatic rings. The van der Waals surface area contributed by atoms with Crippen LogP contribution in [-0.4, -0.2) is 37.4 Å². The predicted molar refractivity (Wildman–Crippen MR) is 76.4 cm³/mol. The van der Waals surface area contributed by atoms with E-state index in [1.807, 2.05) is 0 Å². The Balaban J connectivity index is 2.65. The first-order chi connectivity index (χ1) is 9.06. The van der Waals surface area contributed by atoms with Crippen LogP contribution in [0.4, 0.5) is 0 Å². The highest BCUT2D eigenvalue weighted by molar-refractivity contribution is 6.34. The van der Waals surface area contributed by atoms with Crippen LogP contribution in [-0.2, 0) is 9.53 Å². The van der Waals surface area contributed by atoms with Crippen molar-refractivity contribution in [3.63, 3.8) is 0 Å². The molecule has 0 radical (unpaired) electrons. The summed E-state index contributed by atoms with van der Waals surface area (Å²) < 4.78 is 4.86. The molecule has 0 spiro atoms. The molecule has 6 heteroatoms. The summed E-state index contributed by atoms with van der Waals surface area (Å²) in [5.41, 5.74) is 0.650. The Labute approximate surface area is 122 Å². The fourth-order valence-corrected chi connectivity index (χ4v) is 1.76. The lowest BCUT2D eigenvalue weighted by Crippen LogP contribution is -2.39. The number of benzene rings is 1. The van der Waals surface area contributed by atoms with E-state index >= 15 is 0 Å². The predicted octanol–water partition coefficient (Wildman–Crippen LogP) is 2.13. The lowest BCUT2D eigenvalue weighted by Gasteiger charge is -2.13. The van der Waals surface area contributed by atoms with Gasteiger partial charge in [0, 0.05) is 23.2 Å². The van der Waals surface area contributed by atoms with E-state index in [4.69, 9.17) is 33.0 Å². The topological polar surface area (TPSA) is 58.6 Å². The van der Waals surface area contributed by atoms with Gasteiger partial charge in [0.05, 0.1) is 19.3 Å². The normalized spacial score (nSPS) is 12.6. The molecule has 0 heterocycles. The van der Waals surface area contributed by atoms with Crippen molar-refractivity contribution in [2.45, 2.75) is 6.04 Å². The first-order valence-corrected chi connectivity index (χ1v) is 6.36. The van der Waals surface area contributed by atoms with Crippen LogP contribution in [0.1, 0.15) is 5.56 Å². The van der Waals surface area contributed by atoms with Gasteiger partial charge in [0.25, 0.3) is 0 Å². The Morgan fingerprint density at radius 3 is 2.89 bits per heavy atom. The zero-order valence-corrected chi connectivity index (χ0v) is 11.9. The van der Waals surface area contributed by atoms with Gasteiger partial charge in [-0.3, -0.25) is 4.79 Å². The standard InChI is InChI=1S/C13H15Cl2NO3/c1-19-8-11(7-17)16-13(18)5-2-9-6-10(14)3-4-12(9)15/h2-6,11,17H,7-8H2,1H3,(H,16,18)/b5-2+. The zero-order chi connectivity index (χ0) is 14.3. The number of halogens is 2. The van der Waals surface area contributed by atoms with Crippen molar-refractivity contribution in [2.75, 3.05) is 20.3 Å². The highest BCUT2D eigenvalue weighted by atomic mass is 35.5. The maximum Gasteiger partial charge on any atom is 0.244 e. The van der Waals surface area contributed by atoms with E-state index < -0.39 is 6.04 Å². The number of ether oxygens (including phenoxy) is 1. The molecule has 0 aliphatic carbocycles. The molecule has 0 fully saturated rings. The van der Waals surface area contributed by atoms with Crippen LogP contribution < -0.4 is 5.32 Å². The summed E-state index contributed by atoms with van der Waals surface area (Å²) in [6.45, 7) is 0.0549. The summed E-state index contributed by atoms with van der Waals surface area (Å²) in [6.07, 6.45) is 2.89. The van der Waals surface area contributed by atoms with Gasteiger partial charge in [-0.05, 0) is 29.8 Å². The van der Waals surface area contributed by atoms with Gasteiger partial charge in [-0.15, -0.1) is 0 Å². The van der Waals surface area contributed by atoms with Crippen molar-refractivity contribution in [1.29, 1.82) is 0 Å². The van der Waals surface area contributed by atoms with Gasteiger partial charge in [0.15, 0.2) is 0 Å². The quantitative estimate of drug-likeness (QED) is 0.792. The number of hydrogen-bond acceptors (Lipinski definition) is 3. The number of rotatable bonds is 6. The number of aliphatic hydroxyl groups excluding tert-OH is 1. The maximum absolute atomic E-state index is 11.6. The minimum atomic E-state index is -0.433. The highest BCUT2D eigenvalue weighted by Gasteiger charge is 2.08. The van der Waals surface area contributed by atoms with Crippen LogP contribution in [0.15, 0.2) is 24.3 Å². The van der Waals surface area contributed by atoms with E-state index in [1.54, 1.807) is 24.3 Å². The minimum absolute atomic E-state index is 0.189. The number of nitrogens with one attached hydrogen (secondary N) is 1. The lowest BCUT2D eigenvalue weighted by molar-refractivity contribution is -0.117. The number of amides is 1. The summed E-state index contributed by atoms with van der Waals surface area (Å²) in [7, 11) is 1.50. The Morgan fingerprint density at radius 1 is 1.53 bits per heavy atom. The number of hydrogen-bond donors (Lipinski definition) is 2. The van der Waals surface area contributed by atoms with Crippen molar-refractivity contribution in [1.82, 2.24) is 5.32 Å². The second-order valence-corrected chi connectivity index (χ2v) is 4.69. The Kier molecular flexibility index (Phi) is 6.87. The molecule has 1 atom stereocenters. The minimum Gasteiger partial charge on any atom is -0.394 e. The van der Waals surface area contributed by atoms with Crippen molar-refractivity contribution in [3.05, 3.63) is 39.9 Å². The second kappa shape index (κ2) is 8.17. The Bertz CT molecular complexity index is 463. The SMILES string of the molecule is COCC(CO)NC(=O)/C=C/c1cc(Cl)ccc1Cl. The monoisotopic (exact) mass is 303 g/mol. The van der Waals surface area contributed by atoms with Crippen molar-refractivity contribution in [3.8, 4) is 0 Å². The molecule has 0 bridgehead atoms. The van der Waals surface area contributed by atoms with E-state index in [2.05, 4.69) is 5.32 Å². The zero-order valence-electron chi connectivity index (χ0n) is 10.4. The maximum atomic E-state index is 11.6. The summed E-state index contributed by atoms with van der Waals surface area (Å²) in [4.78, 5) is 11.6. The van der Waals surface area contributed by atoms with Crippen LogP contribution in [0.2, 0.25) is 10.0 Å². The molecule has 1 aromatic carbocycles. The molecule has 1 amide bonds. The molecule has 0 aromatic heterocycles. The molecule has 104 valence electrons. The van der Waals surface area contributed by atoms with E-state index in [9.17, 15) is 4.79 Å². The third-order valence-corrected chi connectivity index (χ3v) is 2.89. The molecule has 0 aliphatic heterocycles. The third kappa shape index (κ3) is 5.61. The molecule has 0 aliphatic rings. The second-order valence-electron chi connectivity index (χ2n) is 3.84. The van der Waals surface area contributed by atoms with Crippen LogP contribution in [0, 0.1) is 0 Å². The van der Waals surface area contributed by atoms with Crippen molar-refractivity contribution >= 4 is 35.2 Å². The van der Waals surface area contributed by atoms with Crippen LogP contribution in [0.5, 0.6) is 0 Å². The summed E-state index contributed by atoms with van der Waals surface area (Å²) >= 11 is 11.8. The number of aliphatic hydroxyl groups is 1. The van der Waals surface area contributed by atoms with Gasteiger partial charge >= 0.3 is 0 Å². The molecule has 1 unspecified atom stereocenters. The summed E-state index contributed by atoms with van der Waals surface area (Å²) in [5, 5.41) is 12.7. The smallest absolute Gasteiger partial charge is 0.244 e. The number of methoxy groups -OCH3 is 1. The van der Waals surface area contributed by atoms with Crippen LogP contribution >= 0.6 is 23.2 Å². The molecule has 2 N–H and O–H groups in total. The van der Waals surface area contributed by atoms with Gasteiger partial charge in [0.1, 0.15) is 0 Å². The van der Waals surface area contributed by atoms with Crippen molar-refractivity contribution in [2.24, 2.45) is 0 Å². The number of carbonyl (C=O) groups excluding carboxylic acids is 1. The van der Waals surface area contributed by atoms with Gasteiger partial charge in [-0.1, -0.05) is 23.2 Å². The molecule has 1 rings (SSSR count). The molecular weight excluding hydrogens is 289 g/mol. The average Bonchev–Trinajstić information content (AvgIpc) is 2.39. The third-order valence-electron chi connectivity index (χ3n) is 2.31. The molecule has 0 saturated heterocycles. The van der Waals surface area contributed by atoms with E-state index in [0.717, 1.165) is 0 Å². The summed E-state index contributed by atoms with van der Waals surface area (Å²) in [6, 6.07) is 4.55. The molecular formula is C13H15Cl2NO3. The van der Waals surface area contributed by atoms with Gasteiger partial charge in [-0.2, -0.15) is 0 Å². The fourth-order valence-electron chi connectivity index (χ4n) is 1.40. The number of carbonyl (C=O) groups is 1. The van der Waals surface area contributed by atoms with Crippen molar-refractivity contribution < 1.29 is 14.6 Å². The largest absolute Gasteiger partial charge is 0.394 e. The van der Waals surface area contributed by atoms with Gasteiger partial charge in [-0.25, -0.2) is 0 Å². The highest BCUT2D eigenvalue weighted by Crippen LogP contribution is 2.21. The van der Waals surface area contributed by atoms with E-state index in [1.165, 1.54) is 13.2 Å². The van der Waals surface area contributed by atoms with E-state index in [0.29, 0.717) is 15.6 Å². The first-order valence-electron chi connectivity index (χ1n) is 5.60. The van der Waals surface area contributed by atoms with Crippen LogP contribution in [0.25, 0.3) is 6.08 Å². The average molecular weight is 304 g/mol. The fraction of sp³-hybridized carbons (Fsp3) is 0.308. The van der Waals surface area contributed by atoms with E-state index in [-0.39, 0.29) is 19.1 Å². The molecule has 19 heavy (non-hydrogen) atoms.